The average Bonchev–Trinajstić information content (AvgIpc) is 3.08. The second kappa shape index (κ2) is 6.77. The van der Waals surface area contributed by atoms with Crippen molar-refractivity contribution in [3.63, 3.8) is 0 Å². The van der Waals surface area contributed by atoms with Crippen molar-refractivity contribution in [2.24, 2.45) is 4.99 Å². The second-order valence-electron chi connectivity index (χ2n) is 5.44. The molecule has 0 amide bonds. The van der Waals surface area contributed by atoms with E-state index in [4.69, 9.17) is 0 Å². The maximum Gasteiger partial charge on any atom is 0.488 e. The molecule has 3 N–H and O–H groups in total. The van der Waals surface area contributed by atoms with Gasteiger partial charge in [-0.15, -0.1) is 0 Å². The van der Waals surface area contributed by atoms with Crippen LogP contribution in [0, 0.1) is 0 Å². The van der Waals surface area contributed by atoms with Gasteiger partial charge in [-0.3, -0.25) is 4.99 Å². The van der Waals surface area contributed by atoms with E-state index >= 15 is 0 Å². The van der Waals surface area contributed by atoms with Gasteiger partial charge in [-0.2, -0.15) is 0 Å². The molecular weight excluding hydrogens is 275 g/mol. The summed E-state index contributed by atoms with van der Waals surface area (Å²) in [6.07, 6.45) is 0.774. The summed E-state index contributed by atoms with van der Waals surface area (Å²) in [5, 5.41) is 22.6. The molecule has 0 fully saturated rings. The molecule has 2 aromatic carbocycles. The molecule has 0 saturated carbocycles. The smallest absolute Gasteiger partial charge is 0.423 e. The van der Waals surface area contributed by atoms with Crippen LogP contribution in [0.2, 0.25) is 0 Å². The summed E-state index contributed by atoms with van der Waals surface area (Å²) in [4.78, 5) is 4.55. The number of nitrogens with zero attached hydrogens (tertiary/aromatic N) is 1. The molecule has 112 valence electrons. The largest absolute Gasteiger partial charge is 0.488 e. The van der Waals surface area contributed by atoms with E-state index in [0.717, 1.165) is 30.9 Å². The van der Waals surface area contributed by atoms with Crippen LogP contribution in [0.5, 0.6) is 0 Å². The fourth-order valence-electron chi connectivity index (χ4n) is 2.92. The number of hydrogen-bond acceptors (Lipinski definition) is 4. The van der Waals surface area contributed by atoms with Crippen molar-refractivity contribution in [2.75, 3.05) is 13.1 Å². The Balaban J connectivity index is 1.99. The Morgan fingerprint density at radius 3 is 2.45 bits per heavy atom. The van der Waals surface area contributed by atoms with Crippen LogP contribution in [0.1, 0.15) is 17.0 Å². The van der Waals surface area contributed by atoms with Crippen molar-refractivity contribution in [2.45, 2.75) is 12.3 Å². The third-order valence-corrected chi connectivity index (χ3v) is 3.96. The minimum atomic E-state index is -1.48. The summed E-state index contributed by atoms with van der Waals surface area (Å²) >= 11 is 0. The zero-order valence-corrected chi connectivity index (χ0v) is 12.3. The predicted molar refractivity (Wildman–Crippen MR) is 89.5 cm³/mol. The van der Waals surface area contributed by atoms with Gasteiger partial charge in [0.2, 0.25) is 0 Å². The molecule has 4 nitrogen and oxygen atoms in total. The summed E-state index contributed by atoms with van der Waals surface area (Å²) in [6.45, 7) is 1.61. The zero-order valence-electron chi connectivity index (χ0n) is 12.3. The van der Waals surface area contributed by atoms with Crippen LogP contribution in [0.15, 0.2) is 59.6 Å². The topological polar surface area (TPSA) is 64.8 Å². The first-order valence-corrected chi connectivity index (χ1v) is 7.53. The summed E-state index contributed by atoms with van der Waals surface area (Å²) in [5.74, 6) is 0.930. The zero-order chi connectivity index (χ0) is 15.4. The van der Waals surface area contributed by atoms with E-state index in [1.165, 1.54) is 5.56 Å². The Labute approximate surface area is 130 Å². The van der Waals surface area contributed by atoms with Crippen molar-refractivity contribution in [1.29, 1.82) is 0 Å². The first-order valence-electron chi connectivity index (χ1n) is 7.53. The summed E-state index contributed by atoms with van der Waals surface area (Å²) in [7, 11) is -1.48. The SMILES string of the molecule is OB(O)c1ccccc1[C@@H](Cc1ccccc1)C1=NCCN1. The highest BCUT2D eigenvalue weighted by Crippen LogP contribution is 2.22. The maximum absolute atomic E-state index is 9.66. The minimum Gasteiger partial charge on any atom is -0.423 e. The lowest BCUT2D eigenvalue weighted by molar-refractivity contribution is 0.425. The Bertz CT molecular complexity index is 659. The van der Waals surface area contributed by atoms with Gasteiger partial charge in [0.15, 0.2) is 0 Å². The number of rotatable bonds is 5. The molecule has 0 saturated heterocycles. The lowest BCUT2D eigenvalue weighted by atomic mass is 9.72. The molecule has 1 aliphatic heterocycles. The molecule has 1 atom stereocenters. The monoisotopic (exact) mass is 294 g/mol. The molecule has 1 aliphatic rings. The first kappa shape index (κ1) is 14.8. The Kier molecular flexibility index (Phi) is 4.56. The quantitative estimate of drug-likeness (QED) is 0.711. The van der Waals surface area contributed by atoms with Gasteiger partial charge in [0.05, 0.1) is 6.54 Å². The van der Waals surface area contributed by atoms with Crippen LogP contribution in [-0.4, -0.2) is 36.1 Å². The first-order chi connectivity index (χ1) is 10.8. The number of aliphatic imine (C=N–C) groups is 1. The van der Waals surface area contributed by atoms with Crippen LogP contribution >= 0.6 is 0 Å². The number of amidine groups is 1. The standard InChI is InChI=1S/C17H19BN2O2/c21-18(22)16-9-5-4-8-14(16)15(17-19-10-11-20-17)12-13-6-2-1-3-7-13/h1-9,15,21-22H,10-12H2,(H,19,20)/t15-/m1/s1. The summed E-state index contributed by atoms with van der Waals surface area (Å²) in [5.41, 5.74) is 2.65. The maximum atomic E-state index is 9.66. The van der Waals surface area contributed by atoms with E-state index in [1.54, 1.807) is 6.07 Å². The third kappa shape index (κ3) is 3.21. The van der Waals surface area contributed by atoms with E-state index in [9.17, 15) is 10.0 Å². The van der Waals surface area contributed by atoms with Crippen molar-refractivity contribution in [1.82, 2.24) is 5.32 Å². The van der Waals surface area contributed by atoms with Crippen LogP contribution in [0.25, 0.3) is 0 Å². The van der Waals surface area contributed by atoms with Crippen LogP contribution in [-0.2, 0) is 6.42 Å². The van der Waals surface area contributed by atoms with Gasteiger partial charge < -0.3 is 15.4 Å². The van der Waals surface area contributed by atoms with Crippen LogP contribution < -0.4 is 10.8 Å². The molecule has 0 bridgehead atoms. The Morgan fingerprint density at radius 1 is 1.05 bits per heavy atom. The highest BCUT2D eigenvalue weighted by molar-refractivity contribution is 6.59. The van der Waals surface area contributed by atoms with E-state index in [0.29, 0.717) is 5.46 Å². The van der Waals surface area contributed by atoms with Gasteiger partial charge in [0.25, 0.3) is 0 Å². The Morgan fingerprint density at radius 2 is 1.77 bits per heavy atom. The van der Waals surface area contributed by atoms with Crippen molar-refractivity contribution < 1.29 is 10.0 Å². The third-order valence-electron chi connectivity index (χ3n) is 3.96. The predicted octanol–water partition coefficient (Wildman–Crippen LogP) is 0.694. The van der Waals surface area contributed by atoms with Gasteiger partial charge in [0, 0.05) is 12.5 Å². The van der Waals surface area contributed by atoms with Crippen molar-refractivity contribution in [3.8, 4) is 0 Å². The second-order valence-corrected chi connectivity index (χ2v) is 5.44. The average molecular weight is 294 g/mol. The fourth-order valence-corrected chi connectivity index (χ4v) is 2.92. The van der Waals surface area contributed by atoms with E-state index in [1.807, 2.05) is 36.4 Å². The highest BCUT2D eigenvalue weighted by atomic mass is 16.4. The van der Waals surface area contributed by atoms with E-state index < -0.39 is 7.12 Å². The van der Waals surface area contributed by atoms with Crippen LogP contribution in [0.3, 0.4) is 0 Å². The molecule has 0 aliphatic carbocycles. The van der Waals surface area contributed by atoms with Gasteiger partial charge in [-0.1, -0.05) is 54.6 Å². The summed E-state index contributed by atoms with van der Waals surface area (Å²) < 4.78 is 0. The molecule has 1 heterocycles. The molecule has 22 heavy (non-hydrogen) atoms. The molecule has 0 aromatic heterocycles. The molecule has 0 unspecified atom stereocenters. The van der Waals surface area contributed by atoms with Gasteiger partial charge in [0.1, 0.15) is 5.84 Å². The molecule has 5 heteroatoms. The lowest BCUT2D eigenvalue weighted by Gasteiger charge is -2.21. The van der Waals surface area contributed by atoms with E-state index in [-0.39, 0.29) is 5.92 Å². The minimum absolute atomic E-state index is 0.00269. The summed E-state index contributed by atoms with van der Waals surface area (Å²) in [6, 6.07) is 17.7. The van der Waals surface area contributed by atoms with Gasteiger partial charge in [-0.25, -0.2) is 0 Å². The molecular formula is C17H19BN2O2. The number of hydrogen-bond donors (Lipinski definition) is 3. The van der Waals surface area contributed by atoms with Crippen LogP contribution in [0.4, 0.5) is 0 Å². The lowest BCUT2D eigenvalue weighted by Crippen LogP contribution is -2.37. The molecule has 2 aromatic rings. The van der Waals surface area contributed by atoms with Crippen molar-refractivity contribution in [3.05, 3.63) is 65.7 Å². The molecule has 0 radical (unpaired) electrons. The molecule has 3 rings (SSSR count). The fraction of sp³-hybridized carbons (Fsp3) is 0.235. The van der Waals surface area contributed by atoms with E-state index in [2.05, 4.69) is 22.4 Å². The van der Waals surface area contributed by atoms with Crippen molar-refractivity contribution >= 4 is 18.4 Å². The number of benzene rings is 2. The van der Waals surface area contributed by atoms with Gasteiger partial charge in [-0.05, 0) is 23.0 Å². The van der Waals surface area contributed by atoms with Gasteiger partial charge >= 0.3 is 7.12 Å². The highest BCUT2D eigenvalue weighted by Gasteiger charge is 2.26. The normalized spacial score (nSPS) is 15.1. The Hall–Kier alpha value is -2.11. The molecule has 0 spiro atoms. The number of nitrogens with one attached hydrogen (secondary N) is 1.